The van der Waals surface area contributed by atoms with E-state index in [0.29, 0.717) is 5.56 Å². The van der Waals surface area contributed by atoms with Gasteiger partial charge in [-0.15, -0.1) is 0 Å². The Morgan fingerprint density at radius 3 is 1.72 bits per heavy atom. The minimum atomic E-state index is -1.83. The molecule has 16 nitrogen and oxygen atoms in total. The molecule has 0 saturated carbocycles. The van der Waals surface area contributed by atoms with Gasteiger partial charge in [-0.2, -0.15) is 0 Å². The van der Waals surface area contributed by atoms with Crippen LogP contribution >= 0.6 is 0 Å². The third-order valence-electron chi connectivity index (χ3n) is 5.35. The maximum atomic E-state index is 13.2. The second kappa shape index (κ2) is 15.5. The highest BCUT2D eigenvalue weighted by Gasteiger charge is 2.31. The average molecular weight is 553 g/mol. The molecule has 0 aliphatic rings. The summed E-state index contributed by atoms with van der Waals surface area (Å²) >= 11 is 0. The molecular weight excluding hydrogens is 520 g/mol. The molecule has 16 heteroatoms. The first kappa shape index (κ1) is 32.3. The number of amides is 5. The molecule has 39 heavy (non-hydrogen) atoms. The first-order valence-electron chi connectivity index (χ1n) is 11.6. The molecule has 214 valence electrons. The van der Waals surface area contributed by atoms with E-state index < -0.39 is 78.5 Å². The summed E-state index contributed by atoms with van der Waals surface area (Å²) in [6.07, 6.45) is -2.19. The zero-order valence-electron chi connectivity index (χ0n) is 20.8. The van der Waals surface area contributed by atoms with Crippen molar-refractivity contribution in [1.82, 2.24) is 16.0 Å². The van der Waals surface area contributed by atoms with Gasteiger partial charge < -0.3 is 48.5 Å². The molecule has 0 fully saturated rings. The Kier molecular flexibility index (Phi) is 12.8. The van der Waals surface area contributed by atoms with Gasteiger partial charge in [-0.25, -0.2) is 4.79 Å². The number of rotatable bonds is 17. The van der Waals surface area contributed by atoms with Gasteiger partial charge in [0.05, 0.1) is 12.5 Å². The lowest BCUT2D eigenvalue weighted by Gasteiger charge is -2.25. The predicted octanol–water partition coefficient (Wildman–Crippen LogP) is -3.19. The quantitative estimate of drug-likeness (QED) is 0.0927. The number of carbonyl (C=O) groups excluding carboxylic acids is 5. The van der Waals surface area contributed by atoms with Crippen molar-refractivity contribution < 1.29 is 48.9 Å². The van der Waals surface area contributed by atoms with E-state index in [1.807, 2.05) is 5.32 Å². The van der Waals surface area contributed by atoms with Gasteiger partial charge in [0.15, 0.2) is 0 Å². The van der Waals surface area contributed by atoms with Crippen LogP contribution in [0.25, 0.3) is 0 Å². The fraction of sp³-hybridized carbons (Fsp3) is 0.435. The van der Waals surface area contributed by atoms with E-state index in [-0.39, 0.29) is 31.4 Å². The van der Waals surface area contributed by atoms with Crippen LogP contribution in [0.3, 0.4) is 0 Å². The van der Waals surface area contributed by atoms with Crippen LogP contribution in [0.15, 0.2) is 24.3 Å². The fourth-order valence-corrected chi connectivity index (χ4v) is 3.26. The summed E-state index contributed by atoms with van der Waals surface area (Å²) in [6, 6.07) is -0.342. The van der Waals surface area contributed by atoms with Crippen LogP contribution in [-0.2, 0) is 40.0 Å². The van der Waals surface area contributed by atoms with Crippen molar-refractivity contribution in [3.8, 4) is 5.75 Å². The van der Waals surface area contributed by atoms with E-state index >= 15 is 0 Å². The summed E-state index contributed by atoms with van der Waals surface area (Å²) in [5, 5.41) is 34.3. The average Bonchev–Trinajstić information content (AvgIpc) is 2.84. The first-order chi connectivity index (χ1) is 18.2. The standard InChI is InChI=1S/C23H32N6O10/c24-13(5-7-17(25)31)20(35)28-15(9-11-1-3-12(30)4-2-11)22(37)27-14(6-8-18(26)32)21(36)29-16(23(38)39)10-19(33)34/h1-4,13-16,30H,5-10,24H2,(H2,25,31)(H2,26,32)(H,27,37)(H,28,35)(H,29,36)(H,33,34)(H,38,39). The summed E-state index contributed by atoms with van der Waals surface area (Å²) in [6.45, 7) is 0. The molecule has 0 aromatic heterocycles. The molecule has 1 aromatic carbocycles. The molecule has 0 radical (unpaired) electrons. The van der Waals surface area contributed by atoms with Gasteiger partial charge in [0.2, 0.25) is 29.5 Å². The van der Waals surface area contributed by atoms with Gasteiger partial charge in [-0.05, 0) is 30.5 Å². The van der Waals surface area contributed by atoms with Gasteiger partial charge in [0.1, 0.15) is 23.9 Å². The van der Waals surface area contributed by atoms with Crippen LogP contribution in [0.1, 0.15) is 37.7 Å². The van der Waals surface area contributed by atoms with E-state index in [4.69, 9.17) is 22.3 Å². The minimum Gasteiger partial charge on any atom is -0.508 e. The monoisotopic (exact) mass is 552 g/mol. The van der Waals surface area contributed by atoms with Gasteiger partial charge in [-0.3, -0.25) is 28.8 Å². The van der Waals surface area contributed by atoms with Gasteiger partial charge in [0.25, 0.3) is 0 Å². The Bertz CT molecular complexity index is 1080. The van der Waals surface area contributed by atoms with Crippen LogP contribution in [0, 0.1) is 0 Å². The SMILES string of the molecule is NC(=O)CCC(N)C(=O)NC(Cc1ccc(O)cc1)C(=O)NC(CCC(N)=O)C(=O)NC(CC(=O)O)C(=O)O. The van der Waals surface area contributed by atoms with Crippen LogP contribution in [0.5, 0.6) is 5.75 Å². The van der Waals surface area contributed by atoms with E-state index in [2.05, 4.69) is 10.6 Å². The number of aromatic hydroxyl groups is 1. The number of nitrogens with one attached hydrogen (secondary N) is 3. The highest BCUT2D eigenvalue weighted by molar-refractivity contribution is 5.95. The number of nitrogens with two attached hydrogens (primary N) is 3. The second-order valence-electron chi connectivity index (χ2n) is 8.61. The molecular formula is C23H32N6O10. The Labute approximate surface area is 222 Å². The van der Waals surface area contributed by atoms with Crippen molar-refractivity contribution in [3.63, 3.8) is 0 Å². The van der Waals surface area contributed by atoms with Crippen LogP contribution in [0.4, 0.5) is 0 Å². The van der Waals surface area contributed by atoms with Crippen molar-refractivity contribution in [2.75, 3.05) is 0 Å². The molecule has 12 N–H and O–H groups in total. The van der Waals surface area contributed by atoms with Crippen molar-refractivity contribution in [2.24, 2.45) is 17.2 Å². The Morgan fingerprint density at radius 1 is 0.718 bits per heavy atom. The van der Waals surface area contributed by atoms with E-state index in [1.54, 1.807) is 0 Å². The zero-order chi connectivity index (χ0) is 29.7. The normalized spacial score (nSPS) is 13.7. The van der Waals surface area contributed by atoms with Crippen LogP contribution < -0.4 is 33.2 Å². The molecule has 0 saturated heterocycles. The van der Waals surface area contributed by atoms with E-state index in [0.717, 1.165) is 0 Å². The third-order valence-corrected chi connectivity index (χ3v) is 5.35. The molecule has 0 aliphatic carbocycles. The molecule has 0 spiro atoms. The number of hydrogen-bond donors (Lipinski definition) is 9. The van der Waals surface area contributed by atoms with Gasteiger partial charge in [-0.1, -0.05) is 12.1 Å². The third kappa shape index (κ3) is 12.4. The Balaban J connectivity index is 3.17. The number of carbonyl (C=O) groups is 7. The topological polar surface area (TPSA) is 294 Å². The van der Waals surface area contributed by atoms with Crippen molar-refractivity contribution in [3.05, 3.63) is 29.8 Å². The van der Waals surface area contributed by atoms with E-state index in [9.17, 15) is 43.8 Å². The lowest BCUT2D eigenvalue weighted by atomic mass is 10.0. The smallest absolute Gasteiger partial charge is 0.326 e. The van der Waals surface area contributed by atoms with E-state index in [1.165, 1.54) is 24.3 Å². The molecule has 4 unspecified atom stereocenters. The molecule has 4 atom stereocenters. The van der Waals surface area contributed by atoms with Crippen molar-refractivity contribution in [2.45, 2.75) is 62.7 Å². The molecule has 0 bridgehead atoms. The predicted molar refractivity (Wildman–Crippen MR) is 132 cm³/mol. The highest BCUT2D eigenvalue weighted by atomic mass is 16.4. The maximum absolute atomic E-state index is 13.2. The number of aliphatic carboxylic acids is 2. The number of carboxylic acids is 2. The molecule has 0 aliphatic heterocycles. The lowest BCUT2D eigenvalue weighted by Crippen LogP contribution is -2.57. The number of carboxylic acid groups (broad SMARTS) is 2. The molecule has 1 aromatic rings. The molecule has 5 amide bonds. The Hall–Kier alpha value is -4.73. The summed E-state index contributed by atoms with van der Waals surface area (Å²) in [4.78, 5) is 83.2. The molecule has 0 heterocycles. The van der Waals surface area contributed by atoms with Gasteiger partial charge >= 0.3 is 11.9 Å². The second-order valence-corrected chi connectivity index (χ2v) is 8.61. The van der Waals surface area contributed by atoms with Crippen LogP contribution in [-0.4, -0.2) is 81.0 Å². The highest BCUT2D eigenvalue weighted by Crippen LogP contribution is 2.12. The maximum Gasteiger partial charge on any atom is 0.326 e. The number of phenolic OH excluding ortho intramolecular Hbond substituents is 1. The van der Waals surface area contributed by atoms with Crippen molar-refractivity contribution in [1.29, 1.82) is 0 Å². The summed E-state index contributed by atoms with van der Waals surface area (Å²) < 4.78 is 0. The lowest BCUT2D eigenvalue weighted by molar-refractivity contribution is -0.147. The van der Waals surface area contributed by atoms with Crippen molar-refractivity contribution >= 4 is 41.5 Å². The minimum absolute atomic E-state index is 0.0604. The Morgan fingerprint density at radius 2 is 1.21 bits per heavy atom. The zero-order valence-corrected chi connectivity index (χ0v) is 20.8. The number of primary amides is 2. The van der Waals surface area contributed by atoms with Crippen LogP contribution in [0.2, 0.25) is 0 Å². The van der Waals surface area contributed by atoms with Gasteiger partial charge in [0, 0.05) is 19.3 Å². The summed E-state index contributed by atoms with van der Waals surface area (Å²) in [7, 11) is 0. The number of benzene rings is 1. The first-order valence-corrected chi connectivity index (χ1v) is 11.6. The summed E-state index contributed by atoms with van der Waals surface area (Å²) in [5.41, 5.74) is 16.5. The fourth-order valence-electron chi connectivity index (χ4n) is 3.26. The number of phenols is 1. The number of hydrogen-bond acceptors (Lipinski definition) is 9. The summed E-state index contributed by atoms with van der Waals surface area (Å²) in [5.74, 6) is -7.60. The largest absolute Gasteiger partial charge is 0.508 e. The molecule has 1 rings (SSSR count).